The van der Waals surface area contributed by atoms with Gasteiger partial charge in [-0.25, -0.2) is 13.4 Å². The topological polar surface area (TPSA) is 53.0 Å². The number of nitrogens with one attached hydrogen (secondary N) is 2. The highest BCUT2D eigenvalue weighted by atomic mass is 32.2. The third-order valence-electron chi connectivity index (χ3n) is 3.17. The Balaban J connectivity index is 3.08. The molecule has 0 aliphatic carbocycles. The van der Waals surface area contributed by atoms with Crippen molar-refractivity contribution in [2.75, 3.05) is 0 Å². The first-order valence-electron chi connectivity index (χ1n) is 5.28. The van der Waals surface area contributed by atoms with Crippen LogP contribution in [0.5, 0.6) is 0 Å². The predicted octanol–water partition coefficient (Wildman–Crippen LogP) is 3.80. The van der Waals surface area contributed by atoms with Gasteiger partial charge in [0, 0.05) is 0 Å². The minimum absolute atomic E-state index is 0.0210. The summed E-state index contributed by atoms with van der Waals surface area (Å²) in [6.45, 7) is 10.2. The zero-order chi connectivity index (χ0) is 13.5. The molecule has 98 valence electrons. The van der Waals surface area contributed by atoms with Gasteiger partial charge in [-0.05, 0) is 16.5 Å². The molecule has 1 heterocycles. The summed E-state index contributed by atoms with van der Waals surface area (Å²) in [6.07, 6.45) is 0. The van der Waals surface area contributed by atoms with Crippen molar-refractivity contribution in [1.82, 2.24) is 4.39 Å². The largest absolute Gasteiger partial charge is 0.249 e. The molecule has 0 aliphatic heterocycles. The lowest BCUT2D eigenvalue weighted by Crippen LogP contribution is -2.54. The van der Waals surface area contributed by atoms with Crippen molar-refractivity contribution in [3.05, 3.63) is 16.6 Å². The minimum Gasteiger partial charge on any atom is -0.249 e. The Bertz CT molecular complexity index is 503. The molecule has 0 amide bonds. The van der Waals surface area contributed by atoms with Crippen LogP contribution < -0.4 is 4.39 Å². The molecule has 0 spiro atoms. The van der Waals surface area contributed by atoms with Crippen LogP contribution >= 0.6 is 11.3 Å². The maximum atomic E-state index is 13.4. The van der Waals surface area contributed by atoms with E-state index in [4.69, 9.17) is 4.78 Å². The quantitative estimate of drug-likeness (QED) is 0.818. The highest BCUT2D eigenvalue weighted by molar-refractivity contribution is 7.92. The summed E-state index contributed by atoms with van der Waals surface area (Å²) >= 11 is 0.874. The van der Waals surface area contributed by atoms with E-state index >= 15 is 0 Å². The van der Waals surface area contributed by atoms with Gasteiger partial charge in [-0.15, -0.1) is 11.3 Å². The van der Waals surface area contributed by atoms with Crippen LogP contribution in [-0.4, -0.2) is 12.4 Å². The van der Waals surface area contributed by atoms with E-state index in [-0.39, 0.29) is 9.93 Å². The van der Waals surface area contributed by atoms with E-state index in [1.807, 2.05) is 33.9 Å². The first-order chi connectivity index (χ1) is 7.47. The van der Waals surface area contributed by atoms with Crippen LogP contribution in [0.25, 0.3) is 0 Å². The summed E-state index contributed by atoms with van der Waals surface area (Å²) in [5.74, 6) is 0. The molecular formula is C10H19FN2OS2Si. The van der Waals surface area contributed by atoms with E-state index in [1.165, 1.54) is 11.4 Å². The van der Waals surface area contributed by atoms with Gasteiger partial charge in [0.1, 0.15) is 23.0 Å². The van der Waals surface area contributed by atoms with Crippen molar-refractivity contribution in [1.29, 1.82) is 4.78 Å². The number of rotatable bonds is 3. The van der Waals surface area contributed by atoms with Crippen molar-refractivity contribution in [3.8, 4) is 0 Å². The highest BCUT2D eigenvalue weighted by Gasteiger charge is 2.38. The Hall–Kier alpha value is -0.243. The maximum Gasteiger partial charge on any atom is 0.194 e. The fourth-order valence-electron chi connectivity index (χ4n) is 1.06. The lowest BCUT2D eigenvalue weighted by atomic mass is 10.2. The first kappa shape index (κ1) is 14.8. The van der Waals surface area contributed by atoms with Gasteiger partial charge in [0.2, 0.25) is 0 Å². The number of hydrogen-bond acceptors (Lipinski definition) is 3. The Morgan fingerprint density at radius 1 is 1.47 bits per heavy atom. The zero-order valence-electron chi connectivity index (χ0n) is 10.8. The normalized spacial score (nSPS) is 16.8. The molecule has 0 radical (unpaired) electrons. The number of halogens is 1. The van der Waals surface area contributed by atoms with Crippen LogP contribution in [0, 0.1) is 9.91 Å². The first-order valence-corrected chi connectivity index (χ1v) is 10.7. The summed E-state index contributed by atoms with van der Waals surface area (Å²) in [5, 5.41) is 0.936. The fourth-order valence-corrected chi connectivity index (χ4v) is 7.17. The van der Waals surface area contributed by atoms with Crippen LogP contribution in [0.4, 0.5) is 4.39 Å². The van der Waals surface area contributed by atoms with Crippen molar-refractivity contribution < 1.29 is 8.60 Å². The van der Waals surface area contributed by atoms with E-state index in [9.17, 15) is 8.60 Å². The summed E-state index contributed by atoms with van der Waals surface area (Å²) in [5.41, 5.74) is 0. The average molecular weight is 294 g/mol. The minimum atomic E-state index is -3.24. The molecular weight excluding hydrogens is 275 g/mol. The van der Waals surface area contributed by atoms with Gasteiger partial charge < -0.3 is 0 Å². The van der Waals surface area contributed by atoms with E-state index < -0.39 is 23.3 Å². The molecule has 1 rings (SSSR count). The van der Waals surface area contributed by atoms with Crippen LogP contribution in [0.1, 0.15) is 20.8 Å². The van der Waals surface area contributed by atoms with Crippen molar-refractivity contribution >= 4 is 29.5 Å². The van der Waals surface area contributed by atoms with Gasteiger partial charge >= 0.3 is 0 Å². The molecule has 1 aromatic heterocycles. The van der Waals surface area contributed by atoms with Crippen LogP contribution in [0.3, 0.4) is 0 Å². The number of hydrogen-bond donors (Lipinski definition) is 2. The molecule has 0 aromatic carbocycles. The fraction of sp³-hybridized carbons (Fsp3) is 0.600. The summed E-state index contributed by atoms with van der Waals surface area (Å²) in [7, 11) is -5.34. The third-order valence-corrected chi connectivity index (χ3v) is 11.9. The lowest BCUT2D eigenvalue weighted by molar-refractivity contribution is 0.619. The zero-order valence-corrected chi connectivity index (χ0v) is 13.4. The summed E-state index contributed by atoms with van der Waals surface area (Å²) in [6, 6.07) is 1.43. The van der Waals surface area contributed by atoms with E-state index in [2.05, 4.69) is 4.39 Å². The molecule has 3 nitrogen and oxygen atoms in total. The van der Waals surface area contributed by atoms with Gasteiger partial charge in [0.15, 0.2) is 5.13 Å². The van der Waals surface area contributed by atoms with Gasteiger partial charge in [-0.3, -0.25) is 0 Å². The Morgan fingerprint density at radius 3 is 2.35 bits per heavy atom. The smallest absolute Gasteiger partial charge is 0.194 e. The molecule has 7 heteroatoms. The summed E-state index contributed by atoms with van der Waals surface area (Å²) < 4.78 is 36.5. The molecule has 0 fully saturated rings. The van der Waals surface area contributed by atoms with Gasteiger partial charge in [-0.1, -0.05) is 33.9 Å². The Kier molecular flexibility index (Phi) is 3.88. The SMILES string of the molecule is CC(C)(C)[Si](C)(C)NS(=N)(=O)c1ccsc1F. The monoisotopic (exact) mass is 294 g/mol. The second kappa shape index (κ2) is 4.45. The Morgan fingerprint density at radius 2 is 2.00 bits per heavy atom. The van der Waals surface area contributed by atoms with Crippen LogP contribution in [0.15, 0.2) is 16.3 Å². The molecule has 0 bridgehead atoms. The molecule has 1 aromatic rings. The molecule has 2 N–H and O–H groups in total. The van der Waals surface area contributed by atoms with Gasteiger partial charge in [0.25, 0.3) is 0 Å². The molecule has 0 saturated carbocycles. The van der Waals surface area contributed by atoms with E-state index in [0.717, 1.165) is 11.3 Å². The molecule has 0 aliphatic rings. The predicted molar refractivity (Wildman–Crippen MR) is 73.7 cm³/mol. The second-order valence-electron chi connectivity index (χ2n) is 5.59. The standard InChI is InChI=1S/C10H19FN2OS2Si/c1-10(2,3)17(4,5)13-16(12,14)8-6-7-15-9(8)11/h6-7H,1-5H3,(H2,12,13,14). The summed E-state index contributed by atoms with van der Waals surface area (Å²) in [4.78, 5) is -0.0210. The van der Waals surface area contributed by atoms with Crippen molar-refractivity contribution in [2.45, 2.75) is 43.8 Å². The highest BCUT2D eigenvalue weighted by Crippen LogP contribution is 2.35. The van der Waals surface area contributed by atoms with Gasteiger partial charge in [-0.2, -0.15) is 4.39 Å². The maximum absolute atomic E-state index is 13.4. The van der Waals surface area contributed by atoms with Gasteiger partial charge in [0.05, 0.1) is 0 Å². The molecule has 0 saturated heterocycles. The number of thiophene rings is 1. The van der Waals surface area contributed by atoms with Crippen molar-refractivity contribution in [2.24, 2.45) is 0 Å². The lowest BCUT2D eigenvalue weighted by Gasteiger charge is -2.37. The van der Waals surface area contributed by atoms with E-state index in [1.54, 1.807) is 0 Å². The van der Waals surface area contributed by atoms with Crippen LogP contribution in [-0.2, 0) is 9.92 Å². The Labute approximate surface area is 108 Å². The average Bonchev–Trinajstić information content (AvgIpc) is 2.47. The van der Waals surface area contributed by atoms with E-state index in [0.29, 0.717) is 0 Å². The molecule has 1 unspecified atom stereocenters. The van der Waals surface area contributed by atoms with Crippen LogP contribution in [0.2, 0.25) is 18.1 Å². The second-order valence-corrected chi connectivity index (χ2v) is 13.6. The third kappa shape index (κ3) is 3.15. The molecule has 1 atom stereocenters. The van der Waals surface area contributed by atoms with Crippen molar-refractivity contribution in [3.63, 3.8) is 0 Å². The molecule has 17 heavy (non-hydrogen) atoms.